The second kappa shape index (κ2) is 7.30. The Kier molecular flexibility index (Phi) is 4.74. The van der Waals surface area contributed by atoms with Gasteiger partial charge in [-0.1, -0.05) is 6.07 Å². The molecule has 0 aliphatic heterocycles. The van der Waals surface area contributed by atoms with E-state index in [-0.39, 0.29) is 35.8 Å². The summed E-state index contributed by atoms with van der Waals surface area (Å²) in [5.41, 5.74) is 6.39. The van der Waals surface area contributed by atoms with Crippen molar-refractivity contribution < 1.29 is 13.9 Å². The van der Waals surface area contributed by atoms with Gasteiger partial charge in [-0.3, -0.25) is 0 Å². The number of anilines is 3. The first kappa shape index (κ1) is 16.2. The highest BCUT2D eigenvalue weighted by Gasteiger charge is 2.11. The molecule has 9 heteroatoms. The summed E-state index contributed by atoms with van der Waals surface area (Å²) < 4.78 is 18.0. The molecule has 0 aliphatic rings. The van der Waals surface area contributed by atoms with Gasteiger partial charge in [0.15, 0.2) is 12.4 Å². The third-order valence-corrected chi connectivity index (χ3v) is 3.01. The van der Waals surface area contributed by atoms with Crippen molar-refractivity contribution in [3.63, 3.8) is 0 Å². The molecule has 3 N–H and O–H groups in total. The van der Waals surface area contributed by atoms with Gasteiger partial charge < -0.3 is 15.8 Å². The van der Waals surface area contributed by atoms with Crippen LogP contribution in [0.1, 0.15) is 16.3 Å². The third kappa shape index (κ3) is 4.44. The van der Waals surface area contributed by atoms with Gasteiger partial charge in [0, 0.05) is 11.9 Å². The van der Waals surface area contributed by atoms with Crippen LogP contribution in [0.2, 0.25) is 0 Å². The summed E-state index contributed by atoms with van der Waals surface area (Å²) in [7, 11) is 0. The predicted octanol–water partition coefficient (Wildman–Crippen LogP) is 2.09. The number of nitrogens with two attached hydrogens (primary N) is 1. The summed E-state index contributed by atoms with van der Waals surface area (Å²) in [5.74, 6) is -0.677. The van der Waals surface area contributed by atoms with Crippen molar-refractivity contribution >= 4 is 23.6 Å². The molecular weight excluding hydrogens is 327 g/mol. The van der Waals surface area contributed by atoms with E-state index in [0.717, 1.165) is 0 Å². The van der Waals surface area contributed by atoms with Crippen LogP contribution in [0.25, 0.3) is 0 Å². The number of esters is 1. The Hall–Kier alpha value is -3.62. The molecule has 0 fully saturated rings. The molecule has 0 spiro atoms. The van der Waals surface area contributed by atoms with Crippen LogP contribution in [-0.4, -0.2) is 25.9 Å². The first-order chi connectivity index (χ1) is 12.1. The maximum absolute atomic E-state index is 12.9. The van der Waals surface area contributed by atoms with Gasteiger partial charge in [-0.2, -0.15) is 15.0 Å². The summed E-state index contributed by atoms with van der Waals surface area (Å²) >= 11 is 0. The van der Waals surface area contributed by atoms with Crippen molar-refractivity contribution in [3.8, 4) is 0 Å². The van der Waals surface area contributed by atoms with Gasteiger partial charge in [0.25, 0.3) is 0 Å². The standard InChI is InChI=1S/C16H13FN6O2/c17-10-4-6-11(7-5-10)20-16-22-13(21-15(18)23-16)9-25-14(24)12-3-1-2-8-19-12/h1-8H,9H2,(H3,18,20,21,22,23). The van der Waals surface area contributed by atoms with Gasteiger partial charge in [-0.05, 0) is 36.4 Å². The van der Waals surface area contributed by atoms with Gasteiger partial charge in [0.1, 0.15) is 11.5 Å². The lowest BCUT2D eigenvalue weighted by Gasteiger charge is -2.08. The van der Waals surface area contributed by atoms with Crippen LogP contribution in [0, 0.1) is 5.82 Å². The molecule has 3 aromatic rings. The lowest BCUT2D eigenvalue weighted by molar-refractivity contribution is 0.0455. The minimum atomic E-state index is -0.604. The SMILES string of the molecule is Nc1nc(COC(=O)c2ccccn2)nc(Nc2ccc(F)cc2)n1. The van der Waals surface area contributed by atoms with Crippen molar-refractivity contribution in [2.75, 3.05) is 11.1 Å². The van der Waals surface area contributed by atoms with Crippen molar-refractivity contribution in [2.45, 2.75) is 6.61 Å². The van der Waals surface area contributed by atoms with E-state index in [1.807, 2.05) is 0 Å². The fraction of sp³-hybridized carbons (Fsp3) is 0.0625. The topological polar surface area (TPSA) is 116 Å². The van der Waals surface area contributed by atoms with Crippen LogP contribution < -0.4 is 11.1 Å². The zero-order valence-corrected chi connectivity index (χ0v) is 12.9. The molecule has 0 radical (unpaired) electrons. The number of benzene rings is 1. The Labute approximate surface area is 141 Å². The van der Waals surface area contributed by atoms with Crippen LogP contribution in [0.15, 0.2) is 48.7 Å². The Balaban J connectivity index is 1.69. The fourth-order valence-electron chi connectivity index (χ4n) is 1.91. The maximum Gasteiger partial charge on any atom is 0.357 e. The molecule has 0 bridgehead atoms. The van der Waals surface area contributed by atoms with E-state index in [1.54, 1.807) is 12.1 Å². The molecule has 0 saturated carbocycles. The zero-order valence-electron chi connectivity index (χ0n) is 12.9. The molecule has 25 heavy (non-hydrogen) atoms. The van der Waals surface area contributed by atoms with Crippen LogP contribution in [-0.2, 0) is 11.3 Å². The van der Waals surface area contributed by atoms with Gasteiger partial charge in [0.2, 0.25) is 11.9 Å². The van der Waals surface area contributed by atoms with E-state index in [9.17, 15) is 9.18 Å². The van der Waals surface area contributed by atoms with Crippen LogP contribution in [0.4, 0.5) is 22.0 Å². The number of ether oxygens (including phenoxy) is 1. The van der Waals surface area contributed by atoms with E-state index < -0.39 is 5.97 Å². The second-order valence-electron chi connectivity index (χ2n) is 4.86. The minimum absolute atomic E-state index is 0.0384. The van der Waals surface area contributed by atoms with E-state index >= 15 is 0 Å². The van der Waals surface area contributed by atoms with E-state index in [2.05, 4.69) is 25.3 Å². The zero-order chi connectivity index (χ0) is 17.6. The van der Waals surface area contributed by atoms with Gasteiger partial charge in [-0.15, -0.1) is 0 Å². The fourth-order valence-corrected chi connectivity index (χ4v) is 1.91. The summed E-state index contributed by atoms with van der Waals surface area (Å²) in [6, 6.07) is 10.5. The molecule has 126 valence electrons. The summed E-state index contributed by atoms with van der Waals surface area (Å²) in [5, 5.41) is 2.87. The third-order valence-electron chi connectivity index (χ3n) is 3.01. The summed E-state index contributed by atoms with van der Waals surface area (Å²) in [6.45, 7) is -0.194. The number of carbonyl (C=O) groups excluding carboxylic acids is 1. The molecule has 2 heterocycles. The number of nitrogens with zero attached hydrogens (tertiary/aromatic N) is 4. The van der Waals surface area contributed by atoms with Crippen LogP contribution in [0.3, 0.4) is 0 Å². The molecule has 0 saturated heterocycles. The molecule has 8 nitrogen and oxygen atoms in total. The second-order valence-corrected chi connectivity index (χ2v) is 4.86. The average molecular weight is 340 g/mol. The monoisotopic (exact) mass is 340 g/mol. The Morgan fingerprint density at radius 1 is 1.12 bits per heavy atom. The van der Waals surface area contributed by atoms with Crippen LogP contribution in [0.5, 0.6) is 0 Å². The number of pyridine rings is 1. The van der Waals surface area contributed by atoms with Gasteiger partial charge in [0.05, 0.1) is 0 Å². The Morgan fingerprint density at radius 3 is 2.64 bits per heavy atom. The largest absolute Gasteiger partial charge is 0.453 e. The summed E-state index contributed by atoms with van der Waals surface area (Å²) in [4.78, 5) is 27.7. The van der Waals surface area contributed by atoms with Gasteiger partial charge >= 0.3 is 5.97 Å². The first-order valence-corrected chi connectivity index (χ1v) is 7.21. The highest BCUT2D eigenvalue weighted by molar-refractivity contribution is 5.87. The van der Waals surface area contributed by atoms with E-state index in [4.69, 9.17) is 10.5 Å². The van der Waals surface area contributed by atoms with Crippen molar-refractivity contribution in [3.05, 3.63) is 66.0 Å². The predicted molar refractivity (Wildman–Crippen MR) is 87.3 cm³/mol. The Morgan fingerprint density at radius 2 is 1.92 bits per heavy atom. The maximum atomic E-state index is 12.9. The number of nitrogens with one attached hydrogen (secondary N) is 1. The first-order valence-electron chi connectivity index (χ1n) is 7.21. The lowest BCUT2D eigenvalue weighted by atomic mass is 10.3. The quantitative estimate of drug-likeness (QED) is 0.678. The molecule has 0 amide bonds. The van der Waals surface area contributed by atoms with E-state index in [1.165, 1.54) is 36.5 Å². The average Bonchev–Trinajstić information content (AvgIpc) is 2.62. The number of nitrogen functional groups attached to an aromatic ring is 1. The number of aromatic nitrogens is 4. The normalized spacial score (nSPS) is 10.3. The highest BCUT2D eigenvalue weighted by Crippen LogP contribution is 2.14. The molecular formula is C16H13FN6O2. The molecule has 0 atom stereocenters. The van der Waals surface area contributed by atoms with Crippen molar-refractivity contribution in [2.24, 2.45) is 0 Å². The number of hydrogen-bond acceptors (Lipinski definition) is 8. The number of rotatable bonds is 5. The minimum Gasteiger partial charge on any atom is -0.453 e. The lowest BCUT2D eigenvalue weighted by Crippen LogP contribution is -2.12. The molecule has 1 aromatic carbocycles. The Bertz CT molecular complexity index is 874. The number of halogens is 1. The molecule has 0 aliphatic carbocycles. The molecule has 0 unspecified atom stereocenters. The smallest absolute Gasteiger partial charge is 0.357 e. The number of carbonyl (C=O) groups is 1. The highest BCUT2D eigenvalue weighted by atomic mass is 19.1. The van der Waals surface area contributed by atoms with E-state index in [0.29, 0.717) is 5.69 Å². The van der Waals surface area contributed by atoms with Crippen molar-refractivity contribution in [1.82, 2.24) is 19.9 Å². The molecule has 3 rings (SSSR count). The number of hydrogen-bond donors (Lipinski definition) is 2. The van der Waals surface area contributed by atoms with Gasteiger partial charge in [-0.25, -0.2) is 14.2 Å². The van der Waals surface area contributed by atoms with Crippen molar-refractivity contribution in [1.29, 1.82) is 0 Å². The van der Waals surface area contributed by atoms with Crippen LogP contribution >= 0.6 is 0 Å². The summed E-state index contributed by atoms with van der Waals surface area (Å²) in [6.07, 6.45) is 1.49. The molecule has 2 aromatic heterocycles.